The van der Waals surface area contributed by atoms with E-state index in [9.17, 15) is 0 Å². The second kappa shape index (κ2) is 5.19. The second-order valence-corrected chi connectivity index (χ2v) is 5.43. The summed E-state index contributed by atoms with van der Waals surface area (Å²) in [5, 5.41) is 4.49. The van der Waals surface area contributed by atoms with Crippen molar-refractivity contribution in [3.8, 4) is 11.6 Å². The predicted octanol–water partition coefficient (Wildman–Crippen LogP) is 4.86. The third-order valence-corrected chi connectivity index (χ3v) is 3.91. The zero-order chi connectivity index (χ0) is 14.9. The lowest BCUT2D eigenvalue weighted by Crippen LogP contribution is -2.10. The van der Waals surface area contributed by atoms with E-state index in [0.717, 1.165) is 46.4 Å². The molecule has 22 heavy (non-hydrogen) atoms. The van der Waals surface area contributed by atoms with E-state index in [0.29, 0.717) is 5.88 Å². The first-order chi connectivity index (χ1) is 10.8. The maximum atomic E-state index is 5.92. The molecule has 0 atom stereocenters. The number of benzene rings is 2. The average molecular weight is 288 g/mol. The second-order valence-electron chi connectivity index (χ2n) is 5.43. The van der Waals surface area contributed by atoms with E-state index in [1.54, 1.807) is 0 Å². The van der Waals surface area contributed by atoms with Gasteiger partial charge in [-0.25, -0.2) is 4.98 Å². The molecule has 1 aliphatic heterocycles. The molecule has 0 saturated heterocycles. The van der Waals surface area contributed by atoms with E-state index >= 15 is 0 Å². The van der Waals surface area contributed by atoms with Crippen LogP contribution in [0.5, 0.6) is 11.6 Å². The molecule has 0 amide bonds. The van der Waals surface area contributed by atoms with Crippen LogP contribution in [0.15, 0.2) is 61.2 Å². The fraction of sp³-hybridized carbons (Fsp3) is 0.105. The lowest BCUT2D eigenvalue weighted by atomic mass is 9.99. The van der Waals surface area contributed by atoms with E-state index in [1.807, 2.05) is 54.6 Å². The number of nitrogens with zero attached hydrogens (tertiary/aromatic N) is 1. The van der Waals surface area contributed by atoms with E-state index in [2.05, 4.69) is 16.9 Å². The highest BCUT2D eigenvalue weighted by molar-refractivity contribution is 5.80. The zero-order valence-corrected chi connectivity index (χ0v) is 12.2. The topological polar surface area (TPSA) is 34.1 Å². The molecule has 108 valence electrons. The molecule has 1 N–H and O–H groups in total. The van der Waals surface area contributed by atoms with Crippen molar-refractivity contribution in [2.45, 2.75) is 6.42 Å². The maximum Gasteiger partial charge on any atom is 0.219 e. The van der Waals surface area contributed by atoms with Gasteiger partial charge in [-0.05, 0) is 42.3 Å². The van der Waals surface area contributed by atoms with Gasteiger partial charge in [-0.3, -0.25) is 0 Å². The van der Waals surface area contributed by atoms with Gasteiger partial charge in [0.1, 0.15) is 5.75 Å². The van der Waals surface area contributed by atoms with Gasteiger partial charge in [0, 0.05) is 29.2 Å². The van der Waals surface area contributed by atoms with Crippen molar-refractivity contribution in [3.63, 3.8) is 0 Å². The minimum absolute atomic E-state index is 0.605. The SMILES string of the molecule is C=C1CCNc2ccc(Oc3ccc4ccccc4n3)cc21. The van der Waals surface area contributed by atoms with Gasteiger partial charge in [0.25, 0.3) is 0 Å². The molecule has 3 aromatic rings. The summed E-state index contributed by atoms with van der Waals surface area (Å²) in [6, 6.07) is 18.0. The highest BCUT2D eigenvalue weighted by Crippen LogP contribution is 2.34. The highest BCUT2D eigenvalue weighted by Gasteiger charge is 2.13. The van der Waals surface area contributed by atoms with Gasteiger partial charge in [0.2, 0.25) is 5.88 Å². The van der Waals surface area contributed by atoms with Gasteiger partial charge < -0.3 is 10.1 Å². The number of anilines is 1. The van der Waals surface area contributed by atoms with Gasteiger partial charge >= 0.3 is 0 Å². The predicted molar refractivity (Wildman–Crippen MR) is 90.4 cm³/mol. The van der Waals surface area contributed by atoms with E-state index in [-0.39, 0.29) is 0 Å². The number of aromatic nitrogens is 1. The Bertz CT molecular complexity index is 870. The van der Waals surface area contributed by atoms with Crippen molar-refractivity contribution in [2.75, 3.05) is 11.9 Å². The molecule has 0 spiro atoms. The van der Waals surface area contributed by atoms with Crippen molar-refractivity contribution in [1.82, 2.24) is 4.98 Å². The van der Waals surface area contributed by atoms with Crippen LogP contribution in [0.3, 0.4) is 0 Å². The molecule has 0 fully saturated rings. The molecule has 1 aliphatic rings. The zero-order valence-electron chi connectivity index (χ0n) is 12.2. The first kappa shape index (κ1) is 12.9. The number of hydrogen-bond acceptors (Lipinski definition) is 3. The van der Waals surface area contributed by atoms with Gasteiger partial charge in [-0.2, -0.15) is 0 Å². The smallest absolute Gasteiger partial charge is 0.219 e. The Morgan fingerprint density at radius 3 is 2.91 bits per heavy atom. The van der Waals surface area contributed by atoms with Crippen LogP contribution in [0.2, 0.25) is 0 Å². The summed E-state index contributed by atoms with van der Waals surface area (Å²) in [5.41, 5.74) is 4.33. The Hall–Kier alpha value is -2.81. The van der Waals surface area contributed by atoms with Crippen molar-refractivity contribution in [1.29, 1.82) is 0 Å². The van der Waals surface area contributed by atoms with Crippen molar-refractivity contribution in [3.05, 3.63) is 66.7 Å². The minimum atomic E-state index is 0.605. The summed E-state index contributed by atoms with van der Waals surface area (Å²) in [5.74, 6) is 1.39. The molecular formula is C19H16N2O. The maximum absolute atomic E-state index is 5.92. The highest BCUT2D eigenvalue weighted by atomic mass is 16.5. The lowest BCUT2D eigenvalue weighted by molar-refractivity contribution is 0.465. The molecule has 0 radical (unpaired) electrons. The van der Waals surface area contributed by atoms with Crippen molar-refractivity contribution < 1.29 is 4.74 Å². The van der Waals surface area contributed by atoms with Crippen LogP contribution in [0.25, 0.3) is 16.5 Å². The van der Waals surface area contributed by atoms with Crippen molar-refractivity contribution >= 4 is 22.2 Å². The monoisotopic (exact) mass is 288 g/mol. The van der Waals surface area contributed by atoms with Crippen LogP contribution in [0, 0.1) is 0 Å². The molecule has 4 rings (SSSR count). The Labute approximate surface area is 129 Å². The summed E-state index contributed by atoms with van der Waals surface area (Å²) >= 11 is 0. The number of para-hydroxylation sites is 1. The largest absolute Gasteiger partial charge is 0.439 e. The Balaban J connectivity index is 1.67. The minimum Gasteiger partial charge on any atom is -0.439 e. The third-order valence-electron chi connectivity index (χ3n) is 3.91. The fourth-order valence-electron chi connectivity index (χ4n) is 2.74. The number of fused-ring (bicyclic) bond motifs is 2. The van der Waals surface area contributed by atoms with Gasteiger partial charge in [-0.15, -0.1) is 0 Å². The molecule has 3 heteroatoms. The lowest BCUT2D eigenvalue weighted by Gasteiger charge is -2.20. The number of rotatable bonds is 2. The van der Waals surface area contributed by atoms with Gasteiger partial charge in [0.15, 0.2) is 0 Å². The van der Waals surface area contributed by atoms with E-state index in [4.69, 9.17) is 4.74 Å². The van der Waals surface area contributed by atoms with Gasteiger partial charge in [-0.1, -0.05) is 24.8 Å². The van der Waals surface area contributed by atoms with Gasteiger partial charge in [0.05, 0.1) is 5.52 Å². The molecule has 3 nitrogen and oxygen atoms in total. The molecule has 0 unspecified atom stereocenters. The van der Waals surface area contributed by atoms with Crippen LogP contribution in [-0.4, -0.2) is 11.5 Å². The summed E-state index contributed by atoms with van der Waals surface area (Å²) in [7, 11) is 0. The van der Waals surface area contributed by atoms with Crippen molar-refractivity contribution in [2.24, 2.45) is 0 Å². The summed E-state index contributed by atoms with van der Waals surface area (Å²) in [6.07, 6.45) is 0.963. The number of pyridine rings is 1. The first-order valence-electron chi connectivity index (χ1n) is 7.39. The Morgan fingerprint density at radius 2 is 1.95 bits per heavy atom. The van der Waals surface area contributed by atoms with Crippen LogP contribution in [0.4, 0.5) is 5.69 Å². The number of ether oxygens (including phenoxy) is 1. The number of nitrogens with one attached hydrogen (secondary N) is 1. The van der Waals surface area contributed by atoms with Crippen LogP contribution < -0.4 is 10.1 Å². The first-order valence-corrected chi connectivity index (χ1v) is 7.39. The van der Waals surface area contributed by atoms with Crippen LogP contribution >= 0.6 is 0 Å². The molecule has 0 saturated carbocycles. The Kier molecular flexibility index (Phi) is 3.04. The fourth-order valence-corrected chi connectivity index (χ4v) is 2.74. The van der Waals surface area contributed by atoms with Crippen LogP contribution in [0.1, 0.15) is 12.0 Å². The van der Waals surface area contributed by atoms with E-state index < -0.39 is 0 Å². The quantitative estimate of drug-likeness (QED) is 0.731. The number of hydrogen-bond donors (Lipinski definition) is 1. The molecule has 0 bridgehead atoms. The third kappa shape index (κ3) is 2.31. The van der Waals surface area contributed by atoms with Crippen LogP contribution in [-0.2, 0) is 0 Å². The molecule has 0 aliphatic carbocycles. The average Bonchev–Trinajstić information content (AvgIpc) is 2.56. The Morgan fingerprint density at radius 1 is 1.05 bits per heavy atom. The summed E-state index contributed by atoms with van der Waals surface area (Å²) < 4.78 is 5.92. The summed E-state index contributed by atoms with van der Waals surface area (Å²) in [4.78, 5) is 4.54. The molecular weight excluding hydrogens is 272 g/mol. The molecule has 1 aromatic heterocycles. The normalized spacial score (nSPS) is 13.5. The molecule has 2 heterocycles. The molecule has 2 aromatic carbocycles. The standard InChI is InChI=1S/C19H16N2O/c1-13-10-11-20-18-8-7-15(12-16(13)18)22-19-9-6-14-4-2-3-5-17(14)21-19/h2-9,12,20H,1,10-11H2. The summed E-state index contributed by atoms with van der Waals surface area (Å²) in [6.45, 7) is 5.08. The van der Waals surface area contributed by atoms with E-state index in [1.165, 1.54) is 0 Å².